The first kappa shape index (κ1) is 16.0. The summed E-state index contributed by atoms with van der Waals surface area (Å²) < 4.78 is 1.94. The monoisotopic (exact) mass is 284 g/mol. The van der Waals surface area contributed by atoms with Gasteiger partial charge in [0.15, 0.2) is 0 Å². The Balaban J connectivity index is 2.38. The molecule has 0 unspecified atom stereocenters. The van der Waals surface area contributed by atoms with E-state index in [0.29, 0.717) is 5.75 Å². The molecule has 0 aliphatic carbocycles. The van der Waals surface area contributed by atoms with Crippen LogP contribution >= 0.6 is 11.8 Å². The summed E-state index contributed by atoms with van der Waals surface area (Å²) in [4.78, 5) is 13.9. The number of nitrogens with zero attached hydrogens (tertiary/aromatic N) is 3. The Kier molecular flexibility index (Phi) is 5.87. The van der Waals surface area contributed by atoms with Crippen molar-refractivity contribution in [3.63, 3.8) is 0 Å². The first-order valence-corrected chi connectivity index (χ1v) is 7.36. The number of hydrogen-bond donors (Lipinski definition) is 1. The number of rotatable bonds is 6. The third-order valence-corrected chi connectivity index (χ3v) is 3.60. The molecule has 0 atom stereocenters. The predicted octanol–water partition coefficient (Wildman–Crippen LogP) is 1.91. The SMILES string of the molecule is CN(C)CCn1cc(NC(=O)CSC(C)(C)C)cn1. The minimum Gasteiger partial charge on any atom is -0.323 e. The lowest BCUT2D eigenvalue weighted by Crippen LogP contribution is -2.19. The molecule has 5 nitrogen and oxygen atoms in total. The molecule has 1 amide bonds. The van der Waals surface area contributed by atoms with Gasteiger partial charge in [-0.25, -0.2) is 0 Å². The second-order valence-corrected chi connectivity index (χ2v) is 7.55. The number of likely N-dealkylation sites (N-methyl/N-ethyl adjacent to an activating group) is 1. The van der Waals surface area contributed by atoms with Crippen molar-refractivity contribution < 1.29 is 4.79 Å². The molecular formula is C13H24N4OS. The van der Waals surface area contributed by atoms with Crippen LogP contribution in [-0.4, -0.2) is 51.7 Å². The molecule has 0 fully saturated rings. The number of amides is 1. The van der Waals surface area contributed by atoms with E-state index in [1.165, 1.54) is 0 Å². The zero-order chi connectivity index (χ0) is 14.5. The quantitative estimate of drug-likeness (QED) is 0.867. The van der Waals surface area contributed by atoms with Crippen molar-refractivity contribution in [1.29, 1.82) is 0 Å². The molecule has 0 spiro atoms. The van der Waals surface area contributed by atoms with E-state index in [1.54, 1.807) is 18.0 Å². The summed E-state index contributed by atoms with van der Waals surface area (Å²) in [6.07, 6.45) is 3.55. The van der Waals surface area contributed by atoms with Gasteiger partial charge in [-0.15, -0.1) is 11.8 Å². The van der Waals surface area contributed by atoms with Gasteiger partial charge in [0, 0.05) is 17.5 Å². The number of carbonyl (C=O) groups excluding carboxylic acids is 1. The third kappa shape index (κ3) is 7.22. The first-order chi connectivity index (χ1) is 8.76. The molecule has 0 radical (unpaired) electrons. The molecule has 108 valence electrons. The van der Waals surface area contributed by atoms with E-state index in [9.17, 15) is 4.79 Å². The van der Waals surface area contributed by atoms with Gasteiger partial charge in [0.25, 0.3) is 0 Å². The lowest BCUT2D eigenvalue weighted by molar-refractivity contribution is -0.113. The van der Waals surface area contributed by atoms with Gasteiger partial charge in [0.05, 0.1) is 24.2 Å². The predicted molar refractivity (Wildman–Crippen MR) is 81.6 cm³/mol. The molecule has 1 rings (SSSR count). The molecule has 1 N–H and O–H groups in total. The largest absolute Gasteiger partial charge is 0.323 e. The maximum Gasteiger partial charge on any atom is 0.234 e. The number of hydrogen-bond acceptors (Lipinski definition) is 4. The van der Waals surface area contributed by atoms with Gasteiger partial charge in [0.1, 0.15) is 0 Å². The summed E-state index contributed by atoms with van der Waals surface area (Å²) in [7, 11) is 4.05. The van der Waals surface area contributed by atoms with Crippen LogP contribution < -0.4 is 5.32 Å². The van der Waals surface area contributed by atoms with Crippen molar-refractivity contribution in [1.82, 2.24) is 14.7 Å². The van der Waals surface area contributed by atoms with Crippen LogP contribution in [0.1, 0.15) is 20.8 Å². The number of aromatic nitrogens is 2. The van der Waals surface area contributed by atoms with Crippen molar-refractivity contribution in [3.8, 4) is 0 Å². The summed E-state index contributed by atoms with van der Waals surface area (Å²) >= 11 is 1.64. The van der Waals surface area contributed by atoms with E-state index in [4.69, 9.17) is 0 Å². The molecule has 1 aromatic heterocycles. The Morgan fingerprint density at radius 3 is 2.74 bits per heavy atom. The van der Waals surface area contributed by atoms with E-state index < -0.39 is 0 Å². The Hall–Kier alpha value is -1.01. The van der Waals surface area contributed by atoms with Gasteiger partial charge in [-0.3, -0.25) is 9.48 Å². The molecule has 1 heterocycles. The van der Waals surface area contributed by atoms with Gasteiger partial charge < -0.3 is 10.2 Å². The lowest BCUT2D eigenvalue weighted by atomic mass is 10.3. The smallest absolute Gasteiger partial charge is 0.234 e. The van der Waals surface area contributed by atoms with Crippen molar-refractivity contribution in [3.05, 3.63) is 12.4 Å². The highest BCUT2D eigenvalue weighted by atomic mass is 32.2. The van der Waals surface area contributed by atoms with Crippen LogP contribution in [0.15, 0.2) is 12.4 Å². The number of carbonyl (C=O) groups is 1. The van der Waals surface area contributed by atoms with Gasteiger partial charge in [-0.05, 0) is 14.1 Å². The summed E-state index contributed by atoms with van der Waals surface area (Å²) in [5.41, 5.74) is 0.762. The maximum atomic E-state index is 11.8. The first-order valence-electron chi connectivity index (χ1n) is 6.37. The molecule has 0 aliphatic rings. The highest BCUT2D eigenvalue weighted by molar-refractivity contribution is 8.01. The molecule has 19 heavy (non-hydrogen) atoms. The van der Waals surface area contributed by atoms with Crippen LogP contribution in [0.4, 0.5) is 5.69 Å². The zero-order valence-corrected chi connectivity index (χ0v) is 13.3. The minimum absolute atomic E-state index is 0.0204. The van der Waals surface area contributed by atoms with Crippen molar-refractivity contribution in [2.24, 2.45) is 0 Å². The second-order valence-electron chi connectivity index (χ2n) is 5.74. The highest BCUT2D eigenvalue weighted by Gasteiger charge is 2.13. The Labute approximate surface area is 119 Å². The highest BCUT2D eigenvalue weighted by Crippen LogP contribution is 2.22. The average Bonchev–Trinajstić information content (AvgIpc) is 2.70. The Morgan fingerprint density at radius 1 is 1.47 bits per heavy atom. The maximum absolute atomic E-state index is 11.8. The standard InChI is InChI=1S/C13H24N4OS/c1-13(2,3)19-10-12(18)15-11-8-14-17(9-11)7-6-16(4)5/h8-9H,6-7,10H2,1-5H3,(H,15,18). The van der Waals surface area contributed by atoms with Crippen LogP contribution in [-0.2, 0) is 11.3 Å². The van der Waals surface area contributed by atoms with Crippen LogP contribution in [0.5, 0.6) is 0 Å². The average molecular weight is 284 g/mol. The molecule has 1 aromatic rings. The van der Waals surface area contributed by atoms with Crippen LogP contribution in [0, 0.1) is 0 Å². The van der Waals surface area contributed by atoms with Crippen molar-refractivity contribution in [2.75, 3.05) is 31.7 Å². The van der Waals surface area contributed by atoms with E-state index in [-0.39, 0.29) is 10.7 Å². The molecule has 6 heteroatoms. The molecule has 0 bridgehead atoms. The van der Waals surface area contributed by atoms with Crippen molar-refractivity contribution >= 4 is 23.4 Å². The summed E-state index contributed by atoms with van der Waals surface area (Å²) in [6.45, 7) is 8.05. The Morgan fingerprint density at radius 2 is 2.16 bits per heavy atom. The molecule has 0 aliphatic heterocycles. The van der Waals surface area contributed by atoms with E-state index in [1.807, 2.05) is 25.0 Å². The molecule has 0 saturated carbocycles. The fourth-order valence-corrected chi connectivity index (χ4v) is 1.97. The van der Waals surface area contributed by atoms with E-state index >= 15 is 0 Å². The van der Waals surface area contributed by atoms with E-state index in [0.717, 1.165) is 18.8 Å². The molecule has 0 saturated heterocycles. The fraction of sp³-hybridized carbons (Fsp3) is 0.692. The van der Waals surface area contributed by atoms with Gasteiger partial charge in [0.2, 0.25) is 5.91 Å². The van der Waals surface area contributed by atoms with Gasteiger partial charge in [-0.2, -0.15) is 5.10 Å². The second kappa shape index (κ2) is 6.96. The molecular weight excluding hydrogens is 260 g/mol. The summed E-state index contributed by atoms with van der Waals surface area (Å²) in [6, 6.07) is 0. The Bertz CT molecular complexity index is 409. The van der Waals surface area contributed by atoms with Crippen LogP contribution in [0.2, 0.25) is 0 Å². The summed E-state index contributed by atoms with van der Waals surface area (Å²) in [5, 5.41) is 7.08. The topological polar surface area (TPSA) is 50.2 Å². The number of nitrogens with one attached hydrogen (secondary N) is 1. The van der Waals surface area contributed by atoms with Crippen LogP contribution in [0.25, 0.3) is 0 Å². The van der Waals surface area contributed by atoms with Crippen molar-refractivity contribution in [2.45, 2.75) is 32.1 Å². The number of anilines is 1. The normalized spacial score (nSPS) is 11.9. The summed E-state index contributed by atoms with van der Waals surface area (Å²) in [5.74, 6) is 0.485. The van der Waals surface area contributed by atoms with Crippen LogP contribution in [0.3, 0.4) is 0 Å². The van der Waals surface area contributed by atoms with Gasteiger partial charge >= 0.3 is 0 Å². The lowest BCUT2D eigenvalue weighted by Gasteiger charge is -2.16. The van der Waals surface area contributed by atoms with Gasteiger partial charge in [-0.1, -0.05) is 20.8 Å². The van der Waals surface area contributed by atoms with E-state index in [2.05, 4.69) is 36.1 Å². The third-order valence-electron chi connectivity index (χ3n) is 2.33. The number of thioether (sulfide) groups is 1. The molecule has 0 aromatic carbocycles. The zero-order valence-electron chi connectivity index (χ0n) is 12.4. The minimum atomic E-state index is 0.0204. The fourth-order valence-electron chi connectivity index (χ4n) is 1.33.